The minimum absolute atomic E-state index is 0. The minimum atomic E-state index is -0.373. The maximum atomic E-state index is 10.6. The molecule has 56 valence electrons. The lowest BCUT2D eigenvalue weighted by molar-refractivity contribution is -0.126. The van der Waals surface area contributed by atoms with Gasteiger partial charge in [0.25, 0.3) is 0 Å². The standard InChI is InChI=1S/C5H10ClNO.ClH/c1-5(2,3)4(8)7-6;/h1-3H3,(H,7,8);1H. The maximum Gasteiger partial charge on any atom is 0.239 e. The van der Waals surface area contributed by atoms with E-state index in [2.05, 4.69) is 0 Å². The van der Waals surface area contributed by atoms with Gasteiger partial charge in [-0.3, -0.25) is 9.63 Å². The predicted octanol–water partition coefficient (Wildman–Crippen LogP) is 1.72. The molecule has 0 aliphatic heterocycles. The fraction of sp³-hybridized carbons (Fsp3) is 0.800. The largest absolute Gasteiger partial charge is 0.273 e. The Morgan fingerprint density at radius 2 is 1.78 bits per heavy atom. The first-order valence-electron chi connectivity index (χ1n) is 2.39. The van der Waals surface area contributed by atoms with Crippen molar-refractivity contribution in [3.63, 3.8) is 0 Å². The fourth-order valence-electron chi connectivity index (χ4n) is 0.142. The zero-order valence-electron chi connectivity index (χ0n) is 5.69. The van der Waals surface area contributed by atoms with Crippen LogP contribution in [0.3, 0.4) is 0 Å². The number of rotatable bonds is 0. The molecule has 0 saturated carbocycles. The van der Waals surface area contributed by atoms with Gasteiger partial charge in [-0.25, -0.2) is 0 Å². The van der Waals surface area contributed by atoms with Crippen LogP contribution >= 0.6 is 24.2 Å². The summed E-state index contributed by atoms with van der Waals surface area (Å²) in [6, 6.07) is 0. The Balaban J connectivity index is 0. The van der Waals surface area contributed by atoms with Crippen molar-refractivity contribution in [3.05, 3.63) is 0 Å². The van der Waals surface area contributed by atoms with E-state index in [-0.39, 0.29) is 23.7 Å². The summed E-state index contributed by atoms with van der Waals surface area (Å²) in [7, 11) is 0. The SMILES string of the molecule is CC(C)(C)C(=O)NCl.Cl. The molecule has 0 bridgehead atoms. The summed E-state index contributed by atoms with van der Waals surface area (Å²) >= 11 is 5.04. The van der Waals surface area contributed by atoms with Crippen LogP contribution in [0.5, 0.6) is 0 Å². The average molecular weight is 172 g/mol. The monoisotopic (exact) mass is 171 g/mol. The molecule has 0 aromatic rings. The summed E-state index contributed by atoms with van der Waals surface area (Å²) < 4.78 is 0. The first kappa shape index (κ1) is 11.8. The van der Waals surface area contributed by atoms with Crippen molar-refractivity contribution in [1.29, 1.82) is 0 Å². The van der Waals surface area contributed by atoms with Gasteiger partial charge in [-0.15, -0.1) is 12.4 Å². The van der Waals surface area contributed by atoms with Crippen molar-refractivity contribution in [2.75, 3.05) is 0 Å². The van der Waals surface area contributed by atoms with Crippen molar-refractivity contribution in [1.82, 2.24) is 4.84 Å². The summed E-state index contributed by atoms with van der Waals surface area (Å²) in [6.45, 7) is 5.39. The van der Waals surface area contributed by atoms with Crippen LogP contribution in [-0.4, -0.2) is 5.91 Å². The summed E-state index contributed by atoms with van der Waals surface area (Å²) in [5, 5.41) is 0. The quantitative estimate of drug-likeness (QED) is 0.554. The molecule has 0 fully saturated rings. The zero-order chi connectivity index (χ0) is 6.78. The predicted molar refractivity (Wildman–Crippen MR) is 40.7 cm³/mol. The molecule has 9 heavy (non-hydrogen) atoms. The maximum absolute atomic E-state index is 10.6. The van der Waals surface area contributed by atoms with Gasteiger partial charge in [0.1, 0.15) is 0 Å². The van der Waals surface area contributed by atoms with E-state index in [1.54, 1.807) is 20.8 Å². The van der Waals surface area contributed by atoms with E-state index in [4.69, 9.17) is 11.8 Å². The lowest BCUT2D eigenvalue weighted by Gasteiger charge is -2.13. The molecule has 2 nitrogen and oxygen atoms in total. The van der Waals surface area contributed by atoms with Gasteiger partial charge in [0.15, 0.2) is 0 Å². The highest BCUT2D eigenvalue weighted by atomic mass is 35.5. The van der Waals surface area contributed by atoms with Gasteiger partial charge in [0.2, 0.25) is 5.91 Å². The fourth-order valence-corrected chi connectivity index (χ4v) is 0.425. The van der Waals surface area contributed by atoms with Crippen molar-refractivity contribution in [3.8, 4) is 0 Å². The smallest absolute Gasteiger partial charge is 0.239 e. The van der Waals surface area contributed by atoms with E-state index >= 15 is 0 Å². The van der Waals surface area contributed by atoms with Crippen molar-refractivity contribution in [2.45, 2.75) is 20.8 Å². The Morgan fingerprint density at radius 1 is 1.44 bits per heavy atom. The molecule has 0 rings (SSSR count). The third-order valence-corrected chi connectivity index (χ3v) is 0.939. The van der Waals surface area contributed by atoms with Crippen LogP contribution in [0.15, 0.2) is 0 Å². The van der Waals surface area contributed by atoms with E-state index in [9.17, 15) is 4.79 Å². The summed E-state index contributed by atoms with van der Waals surface area (Å²) in [5.41, 5.74) is -0.373. The highest BCUT2D eigenvalue weighted by molar-refractivity contribution is 6.21. The average Bonchev–Trinajstić information content (AvgIpc) is 1.62. The third kappa shape index (κ3) is 4.55. The molecule has 0 heterocycles. The third-order valence-electron chi connectivity index (χ3n) is 0.767. The van der Waals surface area contributed by atoms with Crippen LogP contribution in [0.25, 0.3) is 0 Å². The minimum Gasteiger partial charge on any atom is -0.273 e. The topological polar surface area (TPSA) is 29.1 Å². The molecule has 0 aliphatic rings. The van der Waals surface area contributed by atoms with Crippen LogP contribution in [0.4, 0.5) is 0 Å². The van der Waals surface area contributed by atoms with Crippen molar-refractivity contribution in [2.24, 2.45) is 5.41 Å². The molecule has 0 aromatic heterocycles. The summed E-state index contributed by atoms with van der Waals surface area (Å²) in [5.74, 6) is -0.154. The second-order valence-electron chi connectivity index (χ2n) is 2.67. The van der Waals surface area contributed by atoms with Gasteiger partial charge in [-0.1, -0.05) is 20.8 Å². The van der Waals surface area contributed by atoms with Crippen LogP contribution in [0, 0.1) is 5.41 Å². The molecule has 0 atom stereocenters. The van der Waals surface area contributed by atoms with Gasteiger partial charge in [0.05, 0.1) is 0 Å². The molecule has 0 aromatic carbocycles. The van der Waals surface area contributed by atoms with Crippen LogP contribution in [-0.2, 0) is 4.79 Å². The Bertz CT molecular complexity index is 97.6. The molecule has 4 heteroatoms. The second kappa shape index (κ2) is 3.96. The van der Waals surface area contributed by atoms with Crippen LogP contribution < -0.4 is 4.84 Å². The number of carbonyl (C=O) groups is 1. The molecule has 0 aliphatic carbocycles. The lowest BCUT2D eigenvalue weighted by Crippen LogP contribution is -2.28. The van der Waals surface area contributed by atoms with Gasteiger partial charge in [0, 0.05) is 17.2 Å². The molecule has 0 spiro atoms. The van der Waals surface area contributed by atoms with E-state index in [1.165, 1.54) is 0 Å². The number of hydrogen-bond acceptors (Lipinski definition) is 1. The number of amides is 1. The molecule has 1 amide bonds. The van der Waals surface area contributed by atoms with E-state index in [0.717, 1.165) is 0 Å². The van der Waals surface area contributed by atoms with Gasteiger partial charge >= 0.3 is 0 Å². The number of carbonyl (C=O) groups excluding carboxylic acids is 1. The Labute approximate surface area is 66.5 Å². The van der Waals surface area contributed by atoms with E-state index in [0.29, 0.717) is 0 Å². The van der Waals surface area contributed by atoms with E-state index < -0.39 is 0 Å². The van der Waals surface area contributed by atoms with Crippen LogP contribution in [0.1, 0.15) is 20.8 Å². The Morgan fingerprint density at radius 3 is 1.78 bits per heavy atom. The lowest BCUT2D eigenvalue weighted by atomic mass is 9.96. The summed E-state index contributed by atoms with van der Waals surface area (Å²) in [4.78, 5) is 12.6. The molecular weight excluding hydrogens is 161 g/mol. The highest BCUT2D eigenvalue weighted by Crippen LogP contribution is 2.12. The molecule has 0 unspecified atom stereocenters. The highest BCUT2D eigenvalue weighted by Gasteiger charge is 2.19. The summed E-state index contributed by atoms with van der Waals surface area (Å²) in [6.07, 6.45) is 0. The number of hydrogen-bond donors (Lipinski definition) is 1. The van der Waals surface area contributed by atoms with Crippen LogP contribution in [0.2, 0.25) is 0 Å². The Kier molecular flexibility index (Phi) is 5.19. The molecule has 0 saturated heterocycles. The number of nitrogens with one attached hydrogen (secondary N) is 1. The normalized spacial score (nSPS) is 9.78. The van der Waals surface area contributed by atoms with Crippen molar-refractivity contribution < 1.29 is 4.79 Å². The first-order valence-corrected chi connectivity index (χ1v) is 2.77. The number of halogens is 2. The Hall–Kier alpha value is 0.0500. The van der Waals surface area contributed by atoms with Gasteiger partial charge < -0.3 is 0 Å². The van der Waals surface area contributed by atoms with Gasteiger partial charge in [-0.2, -0.15) is 0 Å². The molecular formula is C5H11Cl2NO. The van der Waals surface area contributed by atoms with Crippen molar-refractivity contribution >= 4 is 30.1 Å². The zero-order valence-corrected chi connectivity index (χ0v) is 7.27. The van der Waals surface area contributed by atoms with Gasteiger partial charge in [-0.05, 0) is 0 Å². The molecule has 1 N–H and O–H groups in total. The van der Waals surface area contributed by atoms with E-state index in [1.807, 2.05) is 4.84 Å². The first-order chi connectivity index (χ1) is 3.48. The molecule has 0 radical (unpaired) electrons. The second-order valence-corrected chi connectivity index (χ2v) is 2.86.